The van der Waals surface area contributed by atoms with Crippen LogP contribution in [0.25, 0.3) is 0 Å². The van der Waals surface area contributed by atoms with Crippen molar-refractivity contribution in [3.63, 3.8) is 0 Å². The first-order chi connectivity index (χ1) is 9.66. The maximum absolute atomic E-state index is 12.5. The number of ether oxygens (including phenoxy) is 1. The van der Waals surface area contributed by atoms with Crippen molar-refractivity contribution in [2.45, 2.75) is 25.7 Å². The number of benzene rings is 1. The molecule has 0 saturated carbocycles. The van der Waals surface area contributed by atoms with E-state index in [1.807, 2.05) is 18.2 Å². The largest absolute Gasteiger partial charge is 0.381 e. The van der Waals surface area contributed by atoms with E-state index in [4.69, 9.17) is 4.74 Å². The van der Waals surface area contributed by atoms with Crippen molar-refractivity contribution in [1.82, 2.24) is 0 Å². The van der Waals surface area contributed by atoms with Crippen LogP contribution in [0.15, 0.2) is 18.2 Å². The van der Waals surface area contributed by atoms with Gasteiger partial charge in [0.2, 0.25) is 5.91 Å². The molecule has 1 amide bonds. The fourth-order valence-electron chi connectivity index (χ4n) is 2.99. The molecule has 1 fully saturated rings. The van der Waals surface area contributed by atoms with Crippen LogP contribution in [0, 0.1) is 5.92 Å². The summed E-state index contributed by atoms with van der Waals surface area (Å²) in [6.45, 7) is 1.30. The van der Waals surface area contributed by atoms with Crippen LogP contribution < -0.4 is 4.90 Å². The Kier molecular flexibility index (Phi) is 3.57. The summed E-state index contributed by atoms with van der Waals surface area (Å²) < 4.78 is 5.39. The molecule has 0 spiro atoms. The zero-order valence-electron chi connectivity index (χ0n) is 11.7. The van der Waals surface area contributed by atoms with Gasteiger partial charge in [0.15, 0.2) is 5.78 Å². The Balaban J connectivity index is 1.85. The summed E-state index contributed by atoms with van der Waals surface area (Å²) in [7, 11) is 1.79. The molecule has 0 N–H and O–H groups in total. The third-order valence-electron chi connectivity index (χ3n) is 4.24. The molecule has 4 nitrogen and oxygen atoms in total. The van der Waals surface area contributed by atoms with Crippen LogP contribution in [0.2, 0.25) is 0 Å². The quantitative estimate of drug-likeness (QED) is 0.776. The Hall–Kier alpha value is -1.68. The Labute approximate surface area is 118 Å². The molecule has 3 rings (SSSR count). The number of ketones is 1. The third kappa shape index (κ3) is 2.36. The fraction of sp³-hybridized carbons (Fsp3) is 0.500. The van der Waals surface area contributed by atoms with Gasteiger partial charge in [-0.1, -0.05) is 0 Å². The number of amides is 1. The minimum Gasteiger partial charge on any atom is -0.381 e. The van der Waals surface area contributed by atoms with Crippen molar-refractivity contribution in [3.8, 4) is 0 Å². The molecule has 1 aromatic carbocycles. The van der Waals surface area contributed by atoms with Crippen LogP contribution in [-0.4, -0.2) is 32.0 Å². The number of rotatable bonds is 2. The second kappa shape index (κ2) is 5.37. The van der Waals surface area contributed by atoms with Gasteiger partial charge in [-0.05, 0) is 43.0 Å². The maximum atomic E-state index is 12.5. The molecule has 2 aliphatic heterocycles. The van der Waals surface area contributed by atoms with Crippen molar-refractivity contribution < 1.29 is 14.3 Å². The van der Waals surface area contributed by atoms with Crippen molar-refractivity contribution in [1.29, 1.82) is 0 Å². The predicted molar refractivity (Wildman–Crippen MR) is 76.0 cm³/mol. The van der Waals surface area contributed by atoms with Crippen LogP contribution >= 0.6 is 0 Å². The number of nitrogens with zero attached hydrogens (tertiary/aromatic N) is 1. The summed E-state index contributed by atoms with van der Waals surface area (Å²) in [6, 6.07) is 5.68. The van der Waals surface area contributed by atoms with Crippen molar-refractivity contribution in [3.05, 3.63) is 29.3 Å². The molecule has 1 unspecified atom stereocenters. The number of anilines is 1. The third-order valence-corrected chi connectivity index (χ3v) is 4.24. The van der Waals surface area contributed by atoms with E-state index in [1.165, 1.54) is 0 Å². The monoisotopic (exact) mass is 273 g/mol. The van der Waals surface area contributed by atoms with Gasteiger partial charge in [0, 0.05) is 37.2 Å². The lowest BCUT2D eigenvalue weighted by Gasteiger charge is -2.26. The summed E-state index contributed by atoms with van der Waals surface area (Å²) in [4.78, 5) is 25.8. The summed E-state index contributed by atoms with van der Waals surface area (Å²) in [5, 5.41) is 0. The normalized spacial score (nSPS) is 22.6. The highest BCUT2D eigenvalue weighted by Gasteiger charge is 2.26. The zero-order chi connectivity index (χ0) is 14.1. The summed E-state index contributed by atoms with van der Waals surface area (Å²) in [5.74, 6) is 0.300. The number of carbonyl (C=O) groups is 2. The van der Waals surface area contributed by atoms with E-state index in [9.17, 15) is 9.59 Å². The van der Waals surface area contributed by atoms with E-state index in [0.717, 1.165) is 42.7 Å². The van der Waals surface area contributed by atoms with Crippen molar-refractivity contribution in [2.75, 3.05) is 25.2 Å². The van der Waals surface area contributed by atoms with Crippen LogP contribution in [0.4, 0.5) is 5.69 Å². The molecular weight excluding hydrogens is 254 g/mol. The molecule has 0 aliphatic carbocycles. The highest BCUT2D eigenvalue weighted by Crippen LogP contribution is 2.29. The van der Waals surface area contributed by atoms with E-state index in [0.29, 0.717) is 13.0 Å². The molecule has 0 aromatic heterocycles. The lowest BCUT2D eigenvalue weighted by atomic mass is 9.90. The van der Waals surface area contributed by atoms with Gasteiger partial charge in [0.1, 0.15) is 0 Å². The van der Waals surface area contributed by atoms with Crippen LogP contribution in [0.3, 0.4) is 0 Å². The number of hydrogen-bond acceptors (Lipinski definition) is 3. The van der Waals surface area contributed by atoms with Gasteiger partial charge in [-0.15, -0.1) is 0 Å². The first-order valence-corrected chi connectivity index (χ1v) is 7.18. The van der Waals surface area contributed by atoms with Crippen molar-refractivity contribution in [2.24, 2.45) is 5.92 Å². The number of carbonyl (C=O) groups excluding carboxylic acids is 2. The Morgan fingerprint density at radius 1 is 1.35 bits per heavy atom. The van der Waals surface area contributed by atoms with Gasteiger partial charge in [-0.25, -0.2) is 0 Å². The van der Waals surface area contributed by atoms with Gasteiger partial charge in [-0.2, -0.15) is 0 Å². The van der Waals surface area contributed by atoms with E-state index in [-0.39, 0.29) is 17.6 Å². The van der Waals surface area contributed by atoms with E-state index in [1.54, 1.807) is 11.9 Å². The molecule has 0 bridgehead atoms. The van der Waals surface area contributed by atoms with Gasteiger partial charge >= 0.3 is 0 Å². The van der Waals surface area contributed by atoms with E-state index >= 15 is 0 Å². The Bertz CT molecular complexity index is 547. The number of hydrogen-bond donors (Lipinski definition) is 0. The maximum Gasteiger partial charge on any atom is 0.227 e. The average Bonchev–Trinajstić information content (AvgIpc) is 2.51. The van der Waals surface area contributed by atoms with E-state index < -0.39 is 0 Å². The minimum absolute atomic E-state index is 0.00949. The smallest absolute Gasteiger partial charge is 0.227 e. The molecule has 1 aromatic rings. The van der Waals surface area contributed by atoms with Crippen molar-refractivity contribution >= 4 is 17.4 Å². The SMILES string of the molecule is CN1C(=O)CCc2cc(C(=O)C3CCCOC3)ccc21. The fourth-order valence-corrected chi connectivity index (χ4v) is 2.99. The highest BCUT2D eigenvalue weighted by molar-refractivity contribution is 6.00. The lowest BCUT2D eigenvalue weighted by molar-refractivity contribution is -0.118. The second-order valence-corrected chi connectivity index (χ2v) is 5.57. The molecule has 4 heteroatoms. The lowest BCUT2D eigenvalue weighted by Crippen LogP contribution is -2.31. The molecule has 1 atom stereocenters. The molecule has 1 saturated heterocycles. The Morgan fingerprint density at radius 3 is 2.95 bits per heavy atom. The predicted octanol–water partition coefficient (Wildman–Crippen LogP) is 2.20. The van der Waals surface area contributed by atoms with Crippen LogP contribution in [0.5, 0.6) is 0 Å². The first-order valence-electron chi connectivity index (χ1n) is 7.18. The van der Waals surface area contributed by atoms with E-state index in [2.05, 4.69) is 0 Å². The minimum atomic E-state index is -0.00949. The first kappa shape index (κ1) is 13.3. The summed E-state index contributed by atoms with van der Waals surface area (Å²) >= 11 is 0. The van der Waals surface area contributed by atoms with Gasteiger partial charge in [0.05, 0.1) is 6.61 Å². The van der Waals surface area contributed by atoms with Gasteiger partial charge in [-0.3, -0.25) is 9.59 Å². The molecule has 20 heavy (non-hydrogen) atoms. The standard InChI is InChI=1S/C16H19NO3/c1-17-14-6-4-12(9-11(14)5-7-15(17)18)16(19)13-3-2-8-20-10-13/h4,6,9,13H,2-3,5,7-8,10H2,1H3. The molecule has 2 heterocycles. The topological polar surface area (TPSA) is 46.6 Å². The van der Waals surface area contributed by atoms with Gasteiger partial charge < -0.3 is 9.64 Å². The summed E-state index contributed by atoms with van der Waals surface area (Å²) in [6.07, 6.45) is 3.11. The molecule has 2 aliphatic rings. The average molecular weight is 273 g/mol. The summed E-state index contributed by atoms with van der Waals surface area (Å²) in [5.41, 5.74) is 2.77. The molecule has 0 radical (unpaired) electrons. The van der Waals surface area contributed by atoms with Crippen LogP contribution in [-0.2, 0) is 16.0 Å². The highest BCUT2D eigenvalue weighted by atomic mass is 16.5. The van der Waals surface area contributed by atoms with Gasteiger partial charge in [0.25, 0.3) is 0 Å². The van der Waals surface area contributed by atoms with Crippen LogP contribution in [0.1, 0.15) is 35.2 Å². The number of Topliss-reactive ketones (excluding diaryl/α,β-unsaturated/α-hetero) is 1. The number of aryl methyl sites for hydroxylation is 1. The second-order valence-electron chi connectivity index (χ2n) is 5.57. The molecule has 106 valence electrons. The molecular formula is C16H19NO3. The zero-order valence-corrected chi connectivity index (χ0v) is 11.7. The number of fused-ring (bicyclic) bond motifs is 1. The Morgan fingerprint density at radius 2 is 2.20 bits per heavy atom.